The van der Waals surface area contributed by atoms with Gasteiger partial charge in [0.2, 0.25) is 5.91 Å². The lowest BCUT2D eigenvalue weighted by atomic mass is 9.80. The smallest absolute Gasteiger partial charge is 0.224 e. The summed E-state index contributed by atoms with van der Waals surface area (Å²) in [7, 11) is 0. The molecular formula is C15H19BrN2O. The first-order valence-electron chi connectivity index (χ1n) is 6.23. The molecule has 3 nitrogen and oxygen atoms in total. The zero-order valence-electron chi connectivity index (χ0n) is 11.7. The minimum absolute atomic E-state index is 0.0544. The van der Waals surface area contributed by atoms with Crippen LogP contribution in [0.2, 0.25) is 0 Å². The molecule has 1 N–H and O–H groups in total. The molecule has 0 saturated heterocycles. The first kappa shape index (κ1) is 15.7. The number of nitrogens with one attached hydrogen (secondary N) is 1. The van der Waals surface area contributed by atoms with Crippen molar-refractivity contribution in [1.82, 2.24) is 0 Å². The highest BCUT2D eigenvalue weighted by molar-refractivity contribution is 9.10. The molecule has 0 aliphatic carbocycles. The molecule has 0 fully saturated rings. The molecule has 0 aliphatic rings. The molecule has 0 bridgehead atoms. The summed E-state index contributed by atoms with van der Waals surface area (Å²) in [5, 5.41) is 11.9. The standard InChI is InChI=1S/C15H19BrN2O/c1-10(15(2,3)4)7-14(19)18-13-6-5-12(16)8-11(13)9-17/h5-6,8,10H,7H2,1-4H3,(H,18,19). The minimum atomic E-state index is -0.0544. The molecule has 0 aromatic heterocycles. The highest BCUT2D eigenvalue weighted by Crippen LogP contribution is 2.28. The number of nitriles is 1. The van der Waals surface area contributed by atoms with Crippen molar-refractivity contribution in [3.8, 4) is 6.07 Å². The third kappa shape index (κ3) is 4.68. The van der Waals surface area contributed by atoms with E-state index in [9.17, 15) is 4.79 Å². The highest BCUT2D eigenvalue weighted by Gasteiger charge is 2.22. The lowest BCUT2D eigenvalue weighted by Crippen LogP contribution is -2.24. The maximum atomic E-state index is 12.0. The van der Waals surface area contributed by atoms with Crippen LogP contribution in [0.4, 0.5) is 5.69 Å². The number of amides is 1. The second-order valence-corrected chi connectivity index (χ2v) is 6.74. The molecule has 1 aromatic rings. The van der Waals surface area contributed by atoms with E-state index in [0.717, 1.165) is 4.47 Å². The number of rotatable bonds is 3. The van der Waals surface area contributed by atoms with E-state index >= 15 is 0 Å². The average molecular weight is 323 g/mol. The third-order valence-corrected chi connectivity index (χ3v) is 3.84. The lowest BCUT2D eigenvalue weighted by molar-refractivity contribution is -0.117. The van der Waals surface area contributed by atoms with Gasteiger partial charge in [0, 0.05) is 10.9 Å². The zero-order chi connectivity index (χ0) is 14.6. The van der Waals surface area contributed by atoms with E-state index in [0.29, 0.717) is 17.7 Å². The molecule has 1 atom stereocenters. The number of halogens is 1. The van der Waals surface area contributed by atoms with Gasteiger partial charge >= 0.3 is 0 Å². The molecule has 0 spiro atoms. The maximum absolute atomic E-state index is 12.0. The van der Waals surface area contributed by atoms with Crippen LogP contribution in [0.5, 0.6) is 0 Å². The number of hydrogen-bond donors (Lipinski definition) is 1. The Hall–Kier alpha value is -1.34. The van der Waals surface area contributed by atoms with Crippen molar-refractivity contribution in [3.63, 3.8) is 0 Å². The quantitative estimate of drug-likeness (QED) is 0.900. The van der Waals surface area contributed by atoms with E-state index in [-0.39, 0.29) is 17.2 Å². The molecule has 19 heavy (non-hydrogen) atoms. The van der Waals surface area contributed by atoms with Gasteiger partial charge in [-0.25, -0.2) is 0 Å². The van der Waals surface area contributed by atoms with Crippen molar-refractivity contribution in [2.24, 2.45) is 11.3 Å². The van der Waals surface area contributed by atoms with Crippen LogP contribution < -0.4 is 5.32 Å². The number of nitrogens with zero attached hydrogens (tertiary/aromatic N) is 1. The van der Waals surface area contributed by atoms with Crippen molar-refractivity contribution < 1.29 is 4.79 Å². The molecule has 1 unspecified atom stereocenters. The van der Waals surface area contributed by atoms with Crippen molar-refractivity contribution in [3.05, 3.63) is 28.2 Å². The van der Waals surface area contributed by atoms with Crippen LogP contribution in [-0.2, 0) is 4.79 Å². The molecule has 1 amide bonds. The number of hydrogen-bond acceptors (Lipinski definition) is 2. The molecule has 1 aromatic carbocycles. The van der Waals surface area contributed by atoms with Gasteiger partial charge in [0.25, 0.3) is 0 Å². The van der Waals surface area contributed by atoms with E-state index in [1.165, 1.54) is 0 Å². The fourth-order valence-electron chi connectivity index (χ4n) is 1.50. The first-order chi connectivity index (χ1) is 8.74. The summed E-state index contributed by atoms with van der Waals surface area (Å²) in [5.41, 5.74) is 1.12. The number of carbonyl (C=O) groups is 1. The molecule has 0 aliphatic heterocycles. The molecule has 0 radical (unpaired) electrons. The predicted molar refractivity (Wildman–Crippen MR) is 80.7 cm³/mol. The van der Waals surface area contributed by atoms with Gasteiger partial charge in [-0.1, -0.05) is 43.6 Å². The Morgan fingerprint density at radius 1 is 1.47 bits per heavy atom. The summed E-state index contributed by atoms with van der Waals surface area (Å²) >= 11 is 3.31. The molecule has 0 heterocycles. The van der Waals surface area contributed by atoms with Gasteiger partial charge in [-0.05, 0) is 29.5 Å². The zero-order valence-corrected chi connectivity index (χ0v) is 13.3. The van der Waals surface area contributed by atoms with Gasteiger partial charge in [0.1, 0.15) is 6.07 Å². The first-order valence-corrected chi connectivity index (χ1v) is 7.03. The summed E-state index contributed by atoms with van der Waals surface area (Å²) in [6.45, 7) is 8.41. The SMILES string of the molecule is CC(CC(=O)Nc1ccc(Br)cc1C#N)C(C)(C)C. The van der Waals surface area contributed by atoms with Crippen LogP contribution in [0.3, 0.4) is 0 Å². The molecular weight excluding hydrogens is 304 g/mol. The van der Waals surface area contributed by atoms with Gasteiger partial charge in [0.05, 0.1) is 11.3 Å². The van der Waals surface area contributed by atoms with Crippen molar-refractivity contribution >= 4 is 27.5 Å². The van der Waals surface area contributed by atoms with Gasteiger partial charge in [0.15, 0.2) is 0 Å². The number of carbonyl (C=O) groups excluding carboxylic acids is 1. The van der Waals surface area contributed by atoms with Crippen LogP contribution in [0, 0.1) is 22.7 Å². The second kappa shape index (κ2) is 6.21. The summed E-state index contributed by atoms with van der Waals surface area (Å²) in [5.74, 6) is 0.217. The van der Waals surface area contributed by atoms with E-state index in [2.05, 4.69) is 55.0 Å². The molecule has 4 heteroatoms. The lowest BCUT2D eigenvalue weighted by Gasteiger charge is -2.26. The Balaban J connectivity index is 2.76. The predicted octanol–water partition coefficient (Wildman–Crippen LogP) is 4.33. The monoisotopic (exact) mass is 322 g/mol. The van der Waals surface area contributed by atoms with E-state index in [1.54, 1.807) is 12.1 Å². The van der Waals surface area contributed by atoms with E-state index < -0.39 is 0 Å². The average Bonchev–Trinajstić information content (AvgIpc) is 2.30. The summed E-state index contributed by atoms with van der Waals surface area (Å²) < 4.78 is 0.824. The summed E-state index contributed by atoms with van der Waals surface area (Å²) in [6.07, 6.45) is 0.449. The van der Waals surface area contributed by atoms with Crippen molar-refractivity contribution in [2.75, 3.05) is 5.32 Å². The Morgan fingerprint density at radius 3 is 2.63 bits per heavy atom. The third-order valence-electron chi connectivity index (χ3n) is 3.35. The van der Waals surface area contributed by atoms with Crippen LogP contribution in [0.1, 0.15) is 39.7 Å². The number of benzene rings is 1. The van der Waals surface area contributed by atoms with Crippen LogP contribution in [-0.4, -0.2) is 5.91 Å². The van der Waals surface area contributed by atoms with Crippen LogP contribution >= 0.6 is 15.9 Å². The Morgan fingerprint density at radius 2 is 2.11 bits per heavy atom. The Kier molecular flexibility index (Phi) is 5.13. The van der Waals surface area contributed by atoms with Gasteiger partial charge in [-0.2, -0.15) is 5.26 Å². The van der Waals surface area contributed by atoms with Crippen molar-refractivity contribution in [2.45, 2.75) is 34.1 Å². The minimum Gasteiger partial charge on any atom is -0.325 e. The summed E-state index contributed by atoms with van der Waals surface area (Å²) in [4.78, 5) is 12.0. The number of anilines is 1. The highest BCUT2D eigenvalue weighted by atomic mass is 79.9. The van der Waals surface area contributed by atoms with E-state index in [1.807, 2.05) is 6.07 Å². The van der Waals surface area contributed by atoms with Crippen LogP contribution in [0.25, 0.3) is 0 Å². The van der Waals surface area contributed by atoms with Crippen molar-refractivity contribution in [1.29, 1.82) is 5.26 Å². The van der Waals surface area contributed by atoms with Gasteiger partial charge in [-0.15, -0.1) is 0 Å². The summed E-state index contributed by atoms with van der Waals surface area (Å²) in [6, 6.07) is 7.33. The normalized spacial score (nSPS) is 12.6. The fourth-order valence-corrected chi connectivity index (χ4v) is 1.86. The fraction of sp³-hybridized carbons (Fsp3) is 0.467. The molecule has 1 rings (SSSR count). The van der Waals surface area contributed by atoms with Crippen LogP contribution in [0.15, 0.2) is 22.7 Å². The Labute approximate surface area is 123 Å². The van der Waals surface area contributed by atoms with Gasteiger partial charge in [-0.3, -0.25) is 4.79 Å². The maximum Gasteiger partial charge on any atom is 0.224 e. The van der Waals surface area contributed by atoms with E-state index in [4.69, 9.17) is 5.26 Å². The van der Waals surface area contributed by atoms with Gasteiger partial charge < -0.3 is 5.32 Å². The second-order valence-electron chi connectivity index (χ2n) is 5.82. The molecule has 0 saturated carbocycles. The largest absolute Gasteiger partial charge is 0.325 e. The topological polar surface area (TPSA) is 52.9 Å². The molecule has 102 valence electrons. The Bertz CT molecular complexity index is 512.